The minimum Gasteiger partial charge on any atom is -0.490 e. The van der Waals surface area contributed by atoms with E-state index in [1.165, 1.54) is 0 Å². The molecule has 1 atom stereocenters. The Balaban J connectivity index is 2.40. The summed E-state index contributed by atoms with van der Waals surface area (Å²) < 4.78 is 5.09. The number of aliphatic hydroxyl groups is 1. The quantitative estimate of drug-likeness (QED) is 0.675. The average molecular weight is 163 g/mol. The third kappa shape index (κ3) is 2.60. The van der Waals surface area contributed by atoms with Gasteiger partial charge in [0.05, 0.1) is 6.07 Å². The van der Waals surface area contributed by atoms with Crippen molar-refractivity contribution < 1.29 is 9.84 Å². The molecule has 0 saturated carbocycles. The second-order valence-corrected chi connectivity index (χ2v) is 2.27. The molecule has 3 nitrogen and oxygen atoms in total. The topological polar surface area (TPSA) is 53.2 Å². The molecule has 12 heavy (non-hydrogen) atoms. The normalized spacial score (nSPS) is 11.7. The molecule has 0 aliphatic carbocycles. The molecule has 0 spiro atoms. The Morgan fingerprint density at radius 2 is 2.08 bits per heavy atom. The molecule has 1 rings (SSSR count). The van der Waals surface area contributed by atoms with Crippen LogP contribution in [0.1, 0.15) is 0 Å². The van der Waals surface area contributed by atoms with Gasteiger partial charge in [-0.15, -0.1) is 0 Å². The molecule has 1 aromatic rings. The van der Waals surface area contributed by atoms with E-state index in [-0.39, 0.29) is 6.61 Å². The predicted octanol–water partition coefficient (Wildman–Crippen LogP) is 0.950. The maximum Gasteiger partial charge on any atom is 0.174 e. The zero-order valence-electron chi connectivity index (χ0n) is 6.47. The number of aliphatic hydroxyl groups excluding tert-OH is 1. The minimum absolute atomic E-state index is 0.0144. The van der Waals surface area contributed by atoms with Gasteiger partial charge >= 0.3 is 0 Å². The Labute approximate surface area is 70.8 Å². The summed E-state index contributed by atoms with van der Waals surface area (Å²) in [5, 5.41) is 17.1. The van der Waals surface area contributed by atoms with Gasteiger partial charge in [-0.05, 0) is 12.1 Å². The van der Waals surface area contributed by atoms with Crippen molar-refractivity contribution in [3.05, 3.63) is 30.3 Å². The zero-order chi connectivity index (χ0) is 8.81. The first kappa shape index (κ1) is 8.57. The largest absolute Gasteiger partial charge is 0.490 e. The van der Waals surface area contributed by atoms with E-state index >= 15 is 0 Å². The summed E-state index contributed by atoms with van der Waals surface area (Å²) in [6, 6.07) is 10.7. The van der Waals surface area contributed by atoms with Gasteiger partial charge in [0.2, 0.25) is 0 Å². The maximum absolute atomic E-state index is 8.83. The Morgan fingerprint density at radius 3 is 2.67 bits per heavy atom. The van der Waals surface area contributed by atoms with Gasteiger partial charge in [0.25, 0.3) is 0 Å². The summed E-state index contributed by atoms with van der Waals surface area (Å²) in [7, 11) is 0. The standard InChI is InChI=1S/C9H9NO2/c10-6-8(11)7-12-9-4-2-1-3-5-9/h1-5,8,11H,7H2/t8-/m1/s1. The summed E-state index contributed by atoms with van der Waals surface area (Å²) in [6.07, 6.45) is -1.05. The smallest absolute Gasteiger partial charge is 0.174 e. The highest BCUT2D eigenvalue weighted by molar-refractivity contribution is 5.21. The van der Waals surface area contributed by atoms with E-state index in [4.69, 9.17) is 15.1 Å². The molecule has 62 valence electrons. The summed E-state index contributed by atoms with van der Waals surface area (Å²) >= 11 is 0. The van der Waals surface area contributed by atoms with Gasteiger partial charge in [0, 0.05) is 0 Å². The summed E-state index contributed by atoms with van der Waals surface area (Å²) in [4.78, 5) is 0. The number of ether oxygens (including phenoxy) is 1. The van der Waals surface area contributed by atoms with Crippen LogP contribution in [0.15, 0.2) is 30.3 Å². The van der Waals surface area contributed by atoms with Gasteiger partial charge in [-0.1, -0.05) is 18.2 Å². The number of benzene rings is 1. The first-order valence-electron chi connectivity index (χ1n) is 3.58. The zero-order valence-corrected chi connectivity index (χ0v) is 6.47. The molecule has 0 radical (unpaired) electrons. The van der Waals surface area contributed by atoms with Crippen LogP contribution in [0.25, 0.3) is 0 Å². The molecule has 0 aliphatic rings. The van der Waals surface area contributed by atoms with Crippen molar-refractivity contribution in [2.45, 2.75) is 6.10 Å². The van der Waals surface area contributed by atoms with Gasteiger partial charge in [0.1, 0.15) is 12.4 Å². The second-order valence-electron chi connectivity index (χ2n) is 2.27. The van der Waals surface area contributed by atoms with Crippen LogP contribution in [0.5, 0.6) is 5.75 Å². The van der Waals surface area contributed by atoms with Crippen molar-refractivity contribution in [3.8, 4) is 11.8 Å². The summed E-state index contributed by atoms with van der Waals surface area (Å²) in [5.41, 5.74) is 0. The molecule has 0 saturated heterocycles. The summed E-state index contributed by atoms with van der Waals surface area (Å²) in [5.74, 6) is 0.659. The molecule has 1 N–H and O–H groups in total. The van der Waals surface area contributed by atoms with E-state index in [1.807, 2.05) is 18.2 Å². The van der Waals surface area contributed by atoms with E-state index in [2.05, 4.69) is 0 Å². The van der Waals surface area contributed by atoms with Crippen LogP contribution in [0.2, 0.25) is 0 Å². The van der Waals surface area contributed by atoms with Crippen LogP contribution in [0.3, 0.4) is 0 Å². The van der Waals surface area contributed by atoms with Crippen LogP contribution in [0, 0.1) is 11.3 Å². The van der Waals surface area contributed by atoms with Crippen molar-refractivity contribution >= 4 is 0 Å². The van der Waals surface area contributed by atoms with Crippen molar-refractivity contribution in [1.82, 2.24) is 0 Å². The Kier molecular flexibility index (Phi) is 3.12. The number of rotatable bonds is 3. The van der Waals surface area contributed by atoms with E-state index < -0.39 is 6.10 Å². The lowest BCUT2D eigenvalue weighted by molar-refractivity contribution is 0.150. The number of para-hydroxylation sites is 1. The average Bonchev–Trinajstić information content (AvgIpc) is 2.16. The van der Waals surface area contributed by atoms with Gasteiger partial charge < -0.3 is 9.84 Å². The molecule has 0 aromatic heterocycles. The SMILES string of the molecule is N#C[C@@H](O)COc1ccccc1. The Morgan fingerprint density at radius 1 is 1.42 bits per heavy atom. The Hall–Kier alpha value is -1.53. The van der Waals surface area contributed by atoms with E-state index in [0.29, 0.717) is 5.75 Å². The fraction of sp³-hybridized carbons (Fsp3) is 0.222. The van der Waals surface area contributed by atoms with Gasteiger partial charge in [-0.25, -0.2) is 0 Å². The number of nitrogens with zero attached hydrogens (tertiary/aromatic N) is 1. The minimum atomic E-state index is -1.05. The van der Waals surface area contributed by atoms with Crippen molar-refractivity contribution in [2.24, 2.45) is 0 Å². The molecule has 0 amide bonds. The highest BCUT2D eigenvalue weighted by Crippen LogP contribution is 2.07. The highest BCUT2D eigenvalue weighted by Gasteiger charge is 2.00. The van der Waals surface area contributed by atoms with Crippen LogP contribution in [-0.4, -0.2) is 17.8 Å². The molecule has 0 bridgehead atoms. The lowest BCUT2D eigenvalue weighted by atomic mass is 10.3. The van der Waals surface area contributed by atoms with Crippen molar-refractivity contribution in [3.63, 3.8) is 0 Å². The highest BCUT2D eigenvalue weighted by atomic mass is 16.5. The summed E-state index contributed by atoms with van der Waals surface area (Å²) in [6.45, 7) is 0.0144. The lowest BCUT2D eigenvalue weighted by Crippen LogP contribution is -2.14. The molecule has 0 fully saturated rings. The predicted molar refractivity (Wildman–Crippen MR) is 43.6 cm³/mol. The molecule has 0 heterocycles. The molecule has 3 heteroatoms. The van der Waals surface area contributed by atoms with Crippen LogP contribution in [-0.2, 0) is 0 Å². The number of hydrogen-bond acceptors (Lipinski definition) is 3. The van der Waals surface area contributed by atoms with Crippen LogP contribution >= 0.6 is 0 Å². The fourth-order valence-electron chi connectivity index (χ4n) is 0.729. The molecule has 0 aliphatic heterocycles. The monoisotopic (exact) mass is 163 g/mol. The third-order valence-electron chi connectivity index (χ3n) is 1.30. The number of hydrogen-bond donors (Lipinski definition) is 1. The van der Waals surface area contributed by atoms with E-state index in [0.717, 1.165) is 0 Å². The van der Waals surface area contributed by atoms with Gasteiger partial charge in [0.15, 0.2) is 6.10 Å². The van der Waals surface area contributed by atoms with Crippen LogP contribution < -0.4 is 4.74 Å². The van der Waals surface area contributed by atoms with E-state index in [9.17, 15) is 0 Å². The van der Waals surface area contributed by atoms with Crippen LogP contribution in [0.4, 0.5) is 0 Å². The van der Waals surface area contributed by atoms with Gasteiger partial charge in [-0.2, -0.15) is 5.26 Å². The number of nitriles is 1. The fourth-order valence-corrected chi connectivity index (χ4v) is 0.729. The lowest BCUT2D eigenvalue weighted by Gasteiger charge is -2.05. The molecular weight excluding hydrogens is 154 g/mol. The van der Waals surface area contributed by atoms with Crippen molar-refractivity contribution in [2.75, 3.05) is 6.61 Å². The van der Waals surface area contributed by atoms with E-state index in [1.54, 1.807) is 18.2 Å². The molecular formula is C9H9NO2. The second kappa shape index (κ2) is 4.37. The first-order chi connectivity index (χ1) is 5.83. The first-order valence-corrected chi connectivity index (χ1v) is 3.58. The molecule has 1 aromatic carbocycles. The third-order valence-corrected chi connectivity index (χ3v) is 1.30. The maximum atomic E-state index is 8.83. The Bertz CT molecular complexity index is 266. The molecule has 0 unspecified atom stereocenters. The van der Waals surface area contributed by atoms with Gasteiger partial charge in [-0.3, -0.25) is 0 Å². The van der Waals surface area contributed by atoms with Crippen molar-refractivity contribution in [1.29, 1.82) is 5.26 Å².